The third-order valence-corrected chi connectivity index (χ3v) is 3.47. The van der Waals surface area contributed by atoms with Gasteiger partial charge in [0.15, 0.2) is 0 Å². The molecule has 0 aliphatic carbocycles. The van der Waals surface area contributed by atoms with E-state index < -0.39 is 0 Å². The van der Waals surface area contributed by atoms with Crippen LogP contribution in [0.5, 0.6) is 0 Å². The highest BCUT2D eigenvalue weighted by Crippen LogP contribution is 2.15. The monoisotopic (exact) mass is 213 g/mol. The first-order valence-electron chi connectivity index (χ1n) is 4.90. The Hall–Kier alpha value is -0.520. The number of rotatable bonds is 3. The highest BCUT2D eigenvalue weighted by molar-refractivity contribution is 7.05. The van der Waals surface area contributed by atoms with Gasteiger partial charge in [0, 0.05) is 19.2 Å². The fourth-order valence-corrected chi connectivity index (χ4v) is 2.22. The molecule has 1 aliphatic rings. The molecule has 0 radical (unpaired) electrons. The number of hydrogen-bond acceptors (Lipinski definition) is 5. The summed E-state index contributed by atoms with van der Waals surface area (Å²) < 4.78 is 9.38. The van der Waals surface area contributed by atoms with Crippen molar-refractivity contribution in [1.29, 1.82) is 0 Å². The molecule has 14 heavy (non-hydrogen) atoms. The molecule has 1 saturated heterocycles. The second-order valence-corrected chi connectivity index (χ2v) is 4.47. The molecular weight excluding hydrogens is 198 g/mol. The van der Waals surface area contributed by atoms with Gasteiger partial charge in [-0.05, 0) is 31.8 Å². The van der Waals surface area contributed by atoms with E-state index in [0.29, 0.717) is 12.1 Å². The van der Waals surface area contributed by atoms with Gasteiger partial charge in [-0.3, -0.25) is 0 Å². The molecule has 78 valence electrons. The molecule has 1 N–H and O–H groups in total. The van der Waals surface area contributed by atoms with Crippen molar-refractivity contribution < 1.29 is 4.74 Å². The van der Waals surface area contributed by atoms with Crippen LogP contribution in [0.3, 0.4) is 0 Å². The zero-order valence-corrected chi connectivity index (χ0v) is 9.30. The predicted molar refractivity (Wildman–Crippen MR) is 55.3 cm³/mol. The van der Waals surface area contributed by atoms with Crippen molar-refractivity contribution in [2.45, 2.75) is 39.0 Å². The van der Waals surface area contributed by atoms with Crippen LogP contribution in [0.4, 0.5) is 0 Å². The molecule has 4 nitrogen and oxygen atoms in total. The molecule has 1 aliphatic heterocycles. The van der Waals surface area contributed by atoms with E-state index in [9.17, 15) is 0 Å². The van der Waals surface area contributed by atoms with Crippen LogP contribution in [0.1, 0.15) is 23.9 Å². The summed E-state index contributed by atoms with van der Waals surface area (Å²) in [6.07, 6.45) is 1.43. The van der Waals surface area contributed by atoms with E-state index in [1.807, 2.05) is 6.92 Å². The standard InChI is InChI=1S/C9H15N3OS/c1-6-9(14-12-11-6)5-10-8-3-4-13-7(8)2/h7-8,10H,3-5H2,1-2H3. The average Bonchev–Trinajstić information content (AvgIpc) is 2.72. The first-order valence-corrected chi connectivity index (χ1v) is 5.67. The quantitative estimate of drug-likeness (QED) is 0.817. The lowest BCUT2D eigenvalue weighted by molar-refractivity contribution is 0.113. The van der Waals surface area contributed by atoms with Gasteiger partial charge in [-0.15, -0.1) is 5.10 Å². The third-order valence-electron chi connectivity index (χ3n) is 2.65. The minimum absolute atomic E-state index is 0.330. The molecule has 2 heterocycles. The molecule has 1 fully saturated rings. The topological polar surface area (TPSA) is 47.0 Å². The van der Waals surface area contributed by atoms with E-state index in [-0.39, 0.29) is 0 Å². The summed E-state index contributed by atoms with van der Waals surface area (Å²) in [5.74, 6) is 0. The number of nitrogens with zero attached hydrogens (tertiary/aromatic N) is 2. The van der Waals surface area contributed by atoms with E-state index in [4.69, 9.17) is 4.74 Å². The van der Waals surface area contributed by atoms with Gasteiger partial charge < -0.3 is 10.1 Å². The van der Waals surface area contributed by atoms with Crippen molar-refractivity contribution in [2.24, 2.45) is 0 Å². The maximum Gasteiger partial charge on any atom is 0.0769 e. The van der Waals surface area contributed by atoms with Gasteiger partial charge in [-0.25, -0.2) is 0 Å². The van der Waals surface area contributed by atoms with Crippen molar-refractivity contribution in [2.75, 3.05) is 6.61 Å². The summed E-state index contributed by atoms with van der Waals surface area (Å²) in [7, 11) is 0. The fraction of sp³-hybridized carbons (Fsp3) is 0.778. The van der Waals surface area contributed by atoms with Crippen LogP contribution in [-0.4, -0.2) is 28.3 Å². The Balaban J connectivity index is 1.85. The van der Waals surface area contributed by atoms with Crippen molar-refractivity contribution in [3.63, 3.8) is 0 Å². The number of hydrogen-bond donors (Lipinski definition) is 1. The van der Waals surface area contributed by atoms with E-state index in [1.165, 1.54) is 16.4 Å². The lowest BCUT2D eigenvalue weighted by atomic mass is 10.1. The summed E-state index contributed by atoms with van der Waals surface area (Å²) in [4.78, 5) is 1.23. The van der Waals surface area contributed by atoms with Crippen molar-refractivity contribution in [1.82, 2.24) is 14.9 Å². The Morgan fingerprint density at radius 2 is 2.50 bits per heavy atom. The van der Waals surface area contributed by atoms with Gasteiger partial charge >= 0.3 is 0 Å². The van der Waals surface area contributed by atoms with E-state index in [1.54, 1.807) is 0 Å². The van der Waals surface area contributed by atoms with Crippen molar-refractivity contribution in [3.05, 3.63) is 10.6 Å². The SMILES string of the molecule is Cc1nnsc1CNC1CCOC1C. The molecule has 0 saturated carbocycles. The van der Waals surface area contributed by atoms with E-state index in [0.717, 1.165) is 25.3 Å². The van der Waals surface area contributed by atoms with Crippen LogP contribution in [0.2, 0.25) is 0 Å². The zero-order chi connectivity index (χ0) is 9.97. The normalized spacial score (nSPS) is 27.0. The lowest BCUT2D eigenvalue weighted by Gasteiger charge is -2.14. The van der Waals surface area contributed by atoms with E-state index >= 15 is 0 Å². The number of ether oxygens (including phenoxy) is 1. The zero-order valence-electron chi connectivity index (χ0n) is 8.49. The second kappa shape index (κ2) is 4.33. The smallest absolute Gasteiger partial charge is 0.0769 e. The molecule has 0 spiro atoms. The van der Waals surface area contributed by atoms with Gasteiger partial charge in [0.25, 0.3) is 0 Å². The van der Waals surface area contributed by atoms with Crippen LogP contribution >= 0.6 is 11.5 Å². The van der Waals surface area contributed by atoms with Gasteiger partial charge in [-0.2, -0.15) is 0 Å². The van der Waals surface area contributed by atoms with Crippen molar-refractivity contribution >= 4 is 11.5 Å². The highest BCUT2D eigenvalue weighted by Gasteiger charge is 2.23. The van der Waals surface area contributed by atoms with E-state index in [2.05, 4.69) is 21.8 Å². The maximum absolute atomic E-state index is 5.48. The molecular formula is C9H15N3OS. The third kappa shape index (κ3) is 2.10. The van der Waals surface area contributed by atoms with Crippen LogP contribution in [0.25, 0.3) is 0 Å². The molecule has 1 aromatic heterocycles. The minimum atomic E-state index is 0.330. The second-order valence-electron chi connectivity index (χ2n) is 3.63. The molecule has 1 aromatic rings. The van der Waals surface area contributed by atoms with Crippen LogP contribution in [-0.2, 0) is 11.3 Å². The molecule has 2 rings (SSSR count). The lowest BCUT2D eigenvalue weighted by Crippen LogP contribution is -2.34. The Labute approximate surface area is 87.8 Å². The summed E-state index contributed by atoms with van der Waals surface area (Å²) >= 11 is 1.47. The Bertz CT molecular complexity index is 302. The van der Waals surface area contributed by atoms with Crippen molar-refractivity contribution in [3.8, 4) is 0 Å². The molecule has 2 unspecified atom stereocenters. The van der Waals surface area contributed by atoms with Gasteiger partial charge in [0.2, 0.25) is 0 Å². The number of aryl methyl sites for hydroxylation is 1. The minimum Gasteiger partial charge on any atom is -0.377 e. The summed E-state index contributed by atoms with van der Waals surface area (Å²) in [6.45, 7) is 5.85. The Kier molecular flexibility index (Phi) is 3.10. The van der Waals surface area contributed by atoms with Gasteiger partial charge in [-0.1, -0.05) is 4.49 Å². The Morgan fingerprint density at radius 1 is 1.64 bits per heavy atom. The first-order chi connectivity index (χ1) is 6.77. The summed E-state index contributed by atoms with van der Waals surface area (Å²) in [6, 6.07) is 0.483. The molecule has 2 atom stereocenters. The maximum atomic E-state index is 5.48. The largest absolute Gasteiger partial charge is 0.377 e. The molecule has 0 bridgehead atoms. The van der Waals surface area contributed by atoms with Gasteiger partial charge in [0.05, 0.1) is 16.7 Å². The molecule has 0 amide bonds. The number of aromatic nitrogens is 2. The molecule has 5 heteroatoms. The highest BCUT2D eigenvalue weighted by atomic mass is 32.1. The predicted octanol–water partition coefficient (Wildman–Crippen LogP) is 1.11. The average molecular weight is 213 g/mol. The van der Waals surface area contributed by atoms with Crippen LogP contribution < -0.4 is 5.32 Å². The summed E-state index contributed by atoms with van der Waals surface area (Å²) in [5.41, 5.74) is 1.04. The summed E-state index contributed by atoms with van der Waals surface area (Å²) in [5, 5.41) is 7.46. The number of nitrogens with one attached hydrogen (secondary N) is 1. The molecule has 0 aromatic carbocycles. The fourth-order valence-electron chi connectivity index (χ4n) is 1.64. The first kappa shape index (κ1) is 10.0. The van der Waals surface area contributed by atoms with Crippen LogP contribution in [0.15, 0.2) is 0 Å². The van der Waals surface area contributed by atoms with Crippen LogP contribution in [0, 0.1) is 6.92 Å². The Morgan fingerprint density at radius 3 is 3.07 bits per heavy atom. The van der Waals surface area contributed by atoms with Gasteiger partial charge in [0.1, 0.15) is 0 Å².